The summed E-state index contributed by atoms with van der Waals surface area (Å²) in [6.07, 6.45) is 1.89. The minimum absolute atomic E-state index is 0.612. The Hall–Kier alpha value is -1.36. The molecule has 2 aromatic heterocycles. The van der Waals surface area contributed by atoms with Crippen LogP contribution >= 0.6 is 15.9 Å². The molecule has 0 unspecified atom stereocenters. The number of nitrogens with one attached hydrogen (secondary N) is 1. The van der Waals surface area contributed by atoms with Crippen LogP contribution in [0.25, 0.3) is 5.65 Å². The summed E-state index contributed by atoms with van der Waals surface area (Å²) in [4.78, 5) is 4.32. The fourth-order valence-corrected chi connectivity index (χ4v) is 1.37. The highest BCUT2D eigenvalue weighted by molar-refractivity contribution is 9.11. The molecule has 2 heterocycles. The van der Waals surface area contributed by atoms with Crippen molar-refractivity contribution in [2.45, 2.75) is 6.92 Å². The van der Waals surface area contributed by atoms with Gasteiger partial charge in [-0.25, -0.2) is 4.52 Å². The quantitative estimate of drug-likeness (QED) is 0.928. The summed E-state index contributed by atoms with van der Waals surface area (Å²) >= 11 is 3.27. The maximum Gasteiger partial charge on any atom is 0.243 e. The number of aromatic nitrogens is 3. The lowest BCUT2D eigenvalue weighted by Crippen LogP contribution is -2.02. The molecule has 1 N–H and O–H groups in total. The minimum atomic E-state index is 0.612. The average molecular weight is 267 g/mol. The van der Waals surface area contributed by atoms with Gasteiger partial charge < -0.3 is 5.32 Å². The Balaban J connectivity index is 2.27. The number of hydrogen-bond donors (Lipinski definition) is 1. The Kier molecular flexibility index (Phi) is 2.73. The van der Waals surface area contributed by atoms with Crippen molar-refractivity contribution in [3.05, 3.63) is 35.0 Å². The van der Waals surface area contributed by atoms with Crippen LogP contribution in [0.4, 0.5) is 5.95 Å². The lowest BCUT2D eigenvalue weighted by molar-refractivity contribution is 0.956. The zero-order chi connectivity index (χ0) is 10.8. The van der Waals surface area contributed by atoms with Crippen LogP contribution in [0.2, 0.25) is 0 Å². The maximum atomic E-state index is 4.32. The van der Waals surface area contributed by atoms with E-state index in [-0.39, 0.29) is 0 Å². The first-order valence-corrected chi connectivity index (χ1v) is 5.34. The van der Waals surface area contributed by atoms with E-state index in [4.69, 9.17) is 0 Å². The van der Waals surface area contributed by atoms with E-state index >= 15 is 0 Å². The average Bonchev–Trinajstić information content (AvgIpc) is 2.56. The van der Waals surface area contributed by atoms with Crippen LogP contribution < -0.4 is 5.32 Å². The van der Waals surface area contributed by atoms with Crippen molar-refractivity contribution >= 4 is 27.5 Å². The zero-order valence-corrected chi connectivity index (χ0v) is 9.95. The van der Waals surface area contributed by atoms with Crippen LogP contribution in [0.3, 0.4) is 0 Å². The summed E-state index contributed by atoms with van der Waals surface area (Å²) < 4.78 is 2.62. The van der Waals surface area contributed by atoms with Crippen molar-refractivity contribution in [3.8, 4) is 0 Å². The first kappa shape index (κ1) is 10.2. The molecule has 0 fully saturated rings. The number of pyridine rings is 1. The second kappa shape index (κ2) is 4.02. The summed E-state index contributed by atoms with van der Waals surface area (Å²) in [6, 6.07) is 3.98. The highest BCUT2D eigenvalue weighted by atomic mass is 79.9. The fourth-order valence-electron chi connectivity index (χ4n) is 1.23. The van der Waals surface area contributed by atoms with Crippen molar-refractivity contribution in [3.63, 3.8) is 0 Å². The van der Waals surface area contributed by atoms with Gasteiger partial charge in [0, 0.05) is 17.2 Å². The Morgan fingerprint density at radius 3 is 3.20 bits per heavy atom. The van der Waals surface area contributed by atoms with Gasteiger partial charge in [-0.15, -0.1) is 5.10 Å². The molecule has 4 nitrogen and oxygen atoms in total. The molecule has 15 heavy (non-hydrogen) atoms. The van der Waals surface area contributed by atoms with Crippen LogP contribution in [-0.4, -0.2) is 21.1 Å². The Morgan fingerprint density at radius 2 is 2.47 bits per heavy atom. The van der Waals surface area contributed by atoms with Gasteiger partial charge in [-0.2, -0.15) is 4.98 Å². The van der Waals surface area contributed by atoms with Crippen molar-refractivity contribution in [1.82, 2.24) is 14.6 Å². The summed E-state index contributed by atoms with van der Waals surface area (Å²) in [6.45, 7) is 6.38. The molecular weight excluding hydrogens is 256 g/mol. The van der Waals surface area contributed by atoms with Crippen LogP contribution in [0.5, 0.6) is 0 Å². The Bertz CT molecular complexity index is 503. The van der Waals surface area contributed by atoms with Crippen LogP contribution in [-0.2, 0) is 0 Å². The molecule has 0 aliphatic rings. The monoisotopic (exact) mass is 266 g/mol. The molecule has 0 atom stereocenters. The van der Waals surface area contributed by atoms with E-state index in [9.17, 15) is 0 Å². The Morgan fingerprint density at radius 1 is 1.67 bits per heavy atom. The van der Waals surface area contributed by atoms with Gasteiger partial charge in [0.05, 0.1) is 0 Å². The molecule has 0 amide bonds. The van der Waals surface area contributed by atoms with Gasteiger partial charge in [0.25, 0.3) is 0 Å². The van der Waals surface area contributed by atoms with E-state index in [2.05, 4.69) is 37.9 Å². The molecule has 2 rings (SSSR count). The van der Waals surface area contributed by atoms with Crippen molar-refractivity contribution in [2.24, 2.45) is 0 Å². The topological polar surface area (TPSA) is 42.2 Å². The highest BCUT2D eigenvalue weighted by Crippen LogP contribution is 2.08. The fraction of sp³-hybridized carbons (Fsp3) is 0.200. The van der Waals surface area contributed by atoms with Gasteiger partial charge in [0.2, 0.25) is 5.95 Å². The van der Waals surface area contributed by atoms with E-state index in [1.807, 2.05) is 25.3 Å². The van der Waals surface area contributed by atoms with Crippen LogP contribution in [0.15, 0.2) is 29.4 Å². The largest absolute Gasteiger partial charge is 0.348 e. The molecule has 78 valence electrons. The summed E-state index contributed by atoms with van der Waals surface area (Å²) in [5, 5.41) is 7.32. The summed E-state index contributed by atoms with van der Waals surface area (Å²) in [5.74, 6) is 0.612. The number of hydrogen-bond acceptors (Lipinski definition) is 3. The molecule has 0 saturated heterocycles. The van der Waals surface area contributed by atoms with Crippen LogP contribution in [0, 0.1) is 6.92 Å². The van der Waals surface area contributed by atoms with Crippen LogP contribution in [0.1, 0.15) is 5.56 Å². The van der Waals surface area contributed by atoms with E-state index in [1.54, 1.807) is 4.52 Å². The number of anilines is 1. The number of rotatable bonds is 3. The van der Waals surface area contributed by atoms with Gasteiger partial charge in [-0.1, -0.05) is 22.5 Å². The second-order valence-corrected chi connectivity index (χ2v) is 4.43. The van der Waals surface area contributed by atoms with E-state index in [0.29, 0.717) is 12.5 Å². The molecule has 0 aliphatic carbocycles. The third-order valence-corrected chi connectivity index (χ3v) is 2.21. The smallest absolute Gasteiger partial charge is 0.243 e. The standard InChI is InChI=1S/C10H11BrN4/c1-7-3-4-15-9(5-7)13-10(14-15)12-6-8(2)11/h3-5H,2,6H2,1H3,(H,12,14). The Labute approximate surface area is 96.1 Å². The lowest BCUT2D eigenvalue weighted by Gasteiger charge is -1.96. The first-order chi connectivity index (χ1) is 7.15. The maximum absolute atomic E-state index is 4.32. The van der Waals surface area contributed by atoms with Gasteiger partial charge in [0.15, 0.2) is 5.65 Å². The number of fused-ring (bicyclic) bond motifs is 1. The van der Waals surface area contributed by atoms with Gasteiger partial charge in [0.1, 0.15) is 0 Å². The summed E-state index contributed by atoms with van der Waals surface area (Å²) in [5.41, 5.74) is 2.02. The zero-order valence-electron chi connectivity index (χ0n) is 8.37. The van der Waals surface area contributed by atoms with Crippen molar-refractivity contribution in [2.75, 3.05) is 11.9 Å². The van der Waals surface area contributed by atoms with E-state index < -0.39 is 0 Å². The van der Waals surface area contributed by atoms with Gasteiger partial charge in [-0.05, 0) is 24.6 Å². The third kappa shape index (κ3) is 2.36. The highest BCUT2D eigenvalue weighted by Gasteiger charge is 2.02. The number of nitrogens with zero attached hydrogens (tertiary/aromatic N) is 3. The van der Waals surface area contributed by atoms with Crippen molar-refractivity contribution in [1.29, 1.82) is 0 Å². The molecule has 0 aliphatic heterocycles. The lowest BCUT2D eigenvalue weighted by atomic mass is 10.3. The normalized spacial score (nSPS) is 10.5. The molecule has 0 bridgehead atoms. The second-order valence-electron chi connectivity index (χ2n) is 3.31. The molecule has 2 aromatic rings. The number of halogens is 1. The van der Waals surface area contributed by atoms with E-state index in [0.717, 1.165) is 10.1 Å². The third-order valence-electron chi connectivity index (χ3n) is 1.93. The molecule has 0 aromatic carbocycles. The summed E-state index contributed by atoms with van der Waals surface area (Å²) in [7, 11) is 0. The first-order valence-electron chi connectivity index (χ1n) is 4.55. The van der Waals surface area contributed by atoms with E-state index in [1.165, 1.54) is 5.56 Å². The van der Waals surface area contributed by atoms with Crippen molar-refractivity contribution < 1.29 is 0 Å². The predicted molar refractivity (Wildman–Crippen MR) is 64.3 cm³/mol. The molecule has 0 radical (unpaired) electrons. The number of aryl methyl sites for hydroxylation is 1. The van der Waals surface area contributed by atoms with Gasteiger partial charge >= 0.3 is 0 Å². The van der Waals surface area contributed by atoms with Gasteiger partial charge in [-0.3, -0.25) is 0 Å². The minimum Gasteiger partial charge on any atom is -0.348 e. The molecule has 0 saturated carbocycles. The molecule has 5 heteroatoms. The molecule has 0 spiro atoms. The molecular formula is C10H11BrN4. The predicted octanol–water partition coefficient (Wildman–Crippen LogP) is 2.36. The SMILES string of the molecule is C=C(Br)CNc1nc2cc(C)ccn2n1.